The predicted molar refractivity (Wildman–Crippen MR) is 98.5 cm³/mol. The predicted octanol–water partition coefficient (Wildman–Crippen LogP) is 4.19. The number of anilines is 1. The molecule has 0 spiro atoms. The van der Waals surface area contributed by atoms with Gasteiger partial charge in [-0.1, -0.05) is 36.4 Å². The number of pyridine rings is 2. The van der Waals surface area contributed by atoms with Crippen molar-refractivity contribution in [2.45, 2.75) is 6.92 Å². The monoisotopic (exact) mass is 328 g/mol. The van der Waals surface area contributed by atoms with E-state index >= 15 is 0 Å². The van der Waals surface area contributed by atoms with Crippen molar-refractivity contribution in [1.29, 1.82) is 0 Å². The van der Waals surface area contributed by atoms with Crippen molar-refractivity contribution < 1.29 is 4.79 Å². The lowest BCUT2D eigenvalue weighted by Gasteiger charge is -2.06. The maximum atomic E-state index is 12.4. The molecule has 3 aromatic heterocycles. The molecule has 0 aliphatic rings. The number of carbonyl (C=O) groups is 1. The van der Waals surface area contributed by atoms with Gasteiger partial charge in [0.2, 0.25) is 0 Å². The first-order valence-corrected chi connectivity index (χ1v) is 7.98. The van der Waals surface area contributed by atoms with Crippen LogP contribution in [0.4, 0.5) is 5.69 Å². The Morgan fingerprint density at radius 2 is 1.88 bits per heavy atom. The van der Waals surface area contributed by atoms with E-state index in [1.807, 2.05) is 61.5 Å². The Hall–Kier alpha value is -3.47. The highest BCUT2D eigenvalue weighted by atomic mass is 16.1. The van der Waals surface area contributed by atoms with Gasteiger partial charge in [0.25, 0.3) is 5.91 Å². The number of aromatic amines is 1. The van der Waals surface area contributed by atoms with Gasteiger partial charge >= 0.3 is 0 Å². The van der Waals surface area contributed by atoms with Crippen molar-refractivity contribution in [2.24, 2.45) is 0 Å². The van der Waals surface area contributed by atoms with Gasteiger partial charge in [0, 0.05) is 17.3 Å². The van der Waals surface area contributed by atoms with E-state index < -0.39 is 0 Å². The van der Waals surface area contributed by atoms with E-state index in [-0.39, 0.29) is 5.91 Å². The molecule has 3 heterocycles. The summed E-state index contributed by atoms with van der Waals surface area (Å²) in [5.41, 5.74) is 4.76. The molecule has 0 saturated heterocycles. The number of nitrogens with zero attached hydrogens (tertiary/aromatic N) is 2. The summed E-state index contributed by atoms with van der Waals surface area (Å²) in [5, 5.41) is 3.80. The molecule has 0 aliphatic carbocycles. The fourth-order valence-corrected chi connectivity index (χ4v) is 2.77. The largest absolute Gasteiger partial charge is 0.339 e. The summed E-state index contributed by atoms with van der Waals surface area (Å²) in [4.78, 5) is 24.2. The molecule has 0 bridgehead atoms. The number of aryl methyl sites for hydroxylation is 1. The molecule has 0 atom stereocenters. The number of benzene rings is 1. The number of aromatic nitrogens is 3. The number of amides is 1. The van der Waals surface area contributed by atoms with Crippen molar-refractivity contribution in [3.05, 3.63) is 78.2 Å². The molecule has 1 amide bonds. The minimum Gasteiger partial charge on any atom is -0.339 e. The smallest absolute Gasteiger partial charge is 0.274 e. The zero-order valence-corrected chi connectivity index (χ0v) is 13.7. The summed E-state index contributed by atoms with van der Waals surface area (Å²) >= 11 is 0. The van der Waals surface area contributed by atoms with Crippen LogP contribution < -0.4 is 5.32 Å². The van der Waals surface area contributed by atoms with Crippen molar-refractivity contribution in [3.8, 4) is 11.3 Å². The first kappa shape index (κ1) is 15.1. The average Bonchev–Trinajstić information content (AvgIpc) is 3.06. The molecule has 5 heteroatoms. The van der Waals surface area contributed by atoms with Gasteiger partial charge in [0.05, 0.1) is 11.9 Å². The molecule has 122 valence electrons. The van der Waals surface area contributed by atoms with E-state index in [1.54, 1.807) is 12.4 Å². The second kappa shape index (κ2) is 6.20. The third kappa shape index (κ3) is 2.99. The number of rotatable bonds is 3. The Morgan fingerprint density at radius 3 is 2.68 bits per heavy atom. The van der Waals surface area contributed by atoms with Gasteiger partial charge < -0.3 is 10.3 Å². The van der Waals surface area contributed by atoms with Crippen molar-refractivity contribution in [3.63, 3.8) is 0 Å². The zero-order valence-electron chi connectivity index (χ0n) is 13.7. The summed E-state index contributed by atoms with van der Waals surface area (Å²) in [7, 11) is 0. The van der Waals surface area contributed by atoms with Crippen molar-refractivity contribution >= 4 is 22.6 Å². The minimum atomic E-state index is -0.238. The number of H-pyrrole nitrogens is 1. The van der Waals surface area contributed by atoms with Crippen LogP contribution in [0.1, 0.15) is 16.1 Å². The van der Waals surface area contributed by atoms with E-state index in [0.29, 0.717) is 11.4 Å². The highest BCUT2D eigenvalue weighted by Gasteiger charge is 2.11. The molecule has 0 aliphatic heterocycles. The highest BCUT2D eigenvalue weighted by molar-refractivity contribution is 6.04. The normalized spacial score (nSPS) is 10.8. The van der Waals surface area contributed by atoms with Crippen LogP contribution in [0, 0.1) is 6.92 Å². The van der Waals surface area contributed by atoms with E-state index in [4.69, 9.17) is 0 Å². The van der Waals surface area contributed by atoms with Gasteiger partial charge in [0.1, 0.15) is 11.3 Å². The summed E-state index contributed by atoms with van der Waals surface area (Å²) in [6.07, 6.45) is 3.26. The molecule has 25 heavy (non-hydrogen) atoms. The third-order valence-corrected chi connectivity index (χ3v) is 4.04. The van der Waals surface area contributed by atoms with Gasteiger partial charge in [-0.25, -0.2) is 4.98 Å². The molecule has 5 nitrogen and oxygen atoms in total. The molecular formula is C20H16N4O. The maximum Gasteiger partial charge on any atom is 0.274 e. The lowest BCUT2D eigenvalue weighted by molar-refractivity contribution is 0.102. The third-order valence-electron chi connectivity index (χ3n) is 4.04. The van der Waals surface area contributed by atoms with Gasteiger partial charge in [-0.15, -0.1) is 0 Å². The van der Waals surface area contributed by atoms with E-state index in [9.17, 15) is 4.79 Å². The summed E-state index contributed by atoms with van der Waals surface area (Å²) < 4.78 is 0. The molecule has 1 aromatic carbocycles. The Morgan fingerprint density at radius 1 is 1.04 bits per heavy atom. The second-order valence-electron chi connectivity index (χ2n) is 5.83. The second-order valence-corrected chi connectivity index (χ2v) is 5.83. The molecule has 0 fully saturated rings. The van der Waals surface area contributed by atoms with Crippen LogP contribution in [-0.2, 0) is 0 Å². The van der Waals surface area contributed by atoms with Crippen LogP contribution in [0.2, 0.25) is 0 Å². The lowest BCUT2D eigenvalue weighted by Crippen LogP contribution is -2.15. The van der Waals surface area contributed by atoms with Crippen LogP contribution >= 0.6 is 0 Å². The fraction of sp³-hybridized carbons (Fsp3) is 0.0500. The first-order valence-electron chi connectivity index (χ1n) is 7.98. The number of carbonyl (C=O) groups excluding carboxylic acids is 1. The maximum absolute atomic E-state index is 12.4. The topological polar surface area (TPSA) is 70.7 Å². The van der Waals surface area contributed by atoms with Crippen LogP contribution in [0.5, 0.6) is 0 Å². The summed E-state index contributed by atoms with van der Waals surface area (Å²) in [5.74, 6) is -0.238. The van der Waals surface area contributed by atoms with Crippen molar-refractivity contribution in [1.82, 2.24) is 15.0 Å². The number of hydrogen-bond donors (Lipinski definition) is 2. The van der Waals surface area contributed by atoms with Crippen LogP contribution in [-0.4, -0.2) is 20.9 Å². The van der Waals surface area contributed by atoms with Crippen LogP contribution in [0.15, 0.2) is 67.0 Å². The Bertz CT molecular complexity index is 1050. The molecular weight excluding hydrogens is 312 g/mol. The van der Waals surface area contributed by atoms with Crippen LogP contribution in [0.3, 0.4) is 0 Å². The number of hydrogen-bond acceptors (Lipinski definition) is 3. The quantitative estimate of drug-likeness (QED) is 0.592. The van der Waals surface area contributed by atoms with Gasteiger partial charge in [-0.3, -0.25) is 9.78 Å². The average molecular weight is 328 g/mol. The molecule has 0 unspecified atom stereocenters. The molecule has 0 radical (unpaired) electrons. The Labute approximate surface area is 144 Å². The molecule has 2 N–H and O–H groups in total. The summed E-state index contributed by atoms with van der Waals surface area (Å²) in [6.45, 7) is 1.86. The number of nitrogens with one attached hydrogen (secondary N) is 2. The Balaban J connectivity index is 1.63. The van der Waals surface area contributed by atoms with Gasteiger partial charge in [0.15, 0.2) is 0 Å². The molecule has 0 saturated carbocycles. The zero-order chi connectivity index (χ0) is 17.2. The van der Waals surface area contributed by atoms with Crippen LogP contribution in [0.25, 0.3) is 22.3 Å². The van der Waals surface area contributed by atoms with Crippen molar-refractivity contribution in [2.75, 3.05) is 5.32 Å². The van der Waals surface area contributed by atoms with Gasteiger partial charge in [-0.2, -0.15) is 0 Å². The SMILES string of the molecule is Cc1cccnc1C(=O)Nc1cnc2[nH]c(-c3ccccc3)cc2c1. The van der Waals surface area contributed by atoms with E-state index in [0.717, 1.165) is 27.9 Å². The first-order chi connectivity index (χ1) is 12.2. The lowest BCUT2D eigenvalue weighted by atomic mass is 10.1. The number of fused-ring (bicyclic) bond motifs is 1. The minimum absolute atomic E-state index is 0.238. The Kier molecular flexibility index (Phi) is 3.74. The van der Waals surface area contributed by atoms with E-state index in [1.165, 1.54) is 0 Å². The molecule has 4 aromatic rings. The highest BCUT2D eigenvalue weighted by Crippen LogP contribution is 2.24. The molecule has 4 rings (SSSR count). The van der Waals surface area contributed by atoms with E-state index in [2.05, 4.69) is 20.3 Å². The standard InChI is InChI=1S/C20H16N4O/c1-13-6-5-9-21-18(13)20(25)23-16-10-15-11-17(24-19(15)22-12-16)14-7-3-2-4-8-14/h2-12H,1H3,(H,22,24)(H,23,25). The summed E-state index contributed by atoms with van der Waals surface area (Å²) in [6, 6.07) is 17.7. The fourth-order valence-electron chi connectivity index (χ4n) is 2.77. The van der Waals surface area contributed by atoms with Gasteiger partial charge in [-0.05, 0) is 36.2 Å².